The van der Waals surface area contributed by atoms with Gasteiger partial charge in [0.2, 0.25) is 5.76 Å². The Morgan fingerprint density at radius 3 is 2.65 bits per heavy atom. The third-order valence-electron chi connectivity index (χ3n) is 5.78. The van der Waals surface area contributed by atoms with Crippen LogP contribution in [0.4, 0.5) is 5.82 Å². The number of pyridine rings is 1. The zero-order valence-corrected chi connectivity index (χ0v) is 20.4. The van der Waals surface area contributed by atoms with Gasteiger partial charge in [0.15, 0.2) is 16.9 Å². The Hall–Kier alpha value is -3.65. The first-order valence-corrected chi connectivity index (χ1v) is 11.6. The summed E-state index contributed by atoms with van der Waals surface area (Å²) < 4.78 is 17.9. The van der Waals surface area contributed by atoms with Crippen molar-refractivity contribution >= 4 is 38.6 Å². The molecule has 0 fully saturated rings. The van der Waals surface area contributed by atoms with E-state index in [4.69, 9.17) is 13.9 Å². The molecule has 2 aromatic carbocycles. The minimum absolute atomic E-state index is 0.0148. The molecule has 0 saturated carbocycles. The van der Waals surface area contributed by atoms with Crippen LogP contribution in [-0.2, 0) is 0 Å². The molecule has 7 nitrogen and oxygen atoms in total. The third-order valence-corrected chi connectivity index (χ3v) is 6.28. The van der Waals surface area contributed by atoms with E-state index in [2.05, 4.69) is 20.9 Å². The Bertz CT molecular complexity index is 1500. The maximum atomic E-state index is 13.7. The normalized spacial score (nSPS) is 15.0. The van der Waals surface area contributed by atoms with Gasteiger partial charge >= 0.3 is 0 Å². The molecule has 1 atom stereocenters. The van der Waals surface area contributed by atoms with E-state index in [1.165, 1.54) is 4.90 Å². The first-order chi connectivity index (χ1) is 16.4. The van der Waals surface area contributed by atoms with Gasteiger partial charge in [-0.25, -0.2) is 4.98 Å². The molecule has 0 radical (unpaired) electrons. The predicted octanol–water partition coefficient (Wildman–Crippen LogP) is 5.42. The monoisotopic (exact) mass is 520 g/mol. The number of aromatic nitrogens is 1. The van der Waals surface area contributed by atoms with Gasteiger partial charge < -0.3 is 13.9 Å². The number of hydrogen-bond donors (Lipinski definition) is 0. The van der Waals surface area contributed by atoms with Crippen molar-refractivity contribution in [3.63, 3.8) is 0 Å². The van der Waals surface area contributed by atoms with E-state index in [-0.39, 0.29) is 16.8 Å². The summed E-state index contributed by atoms with van der Waals surface area (Å²) in [6.07, 6.45) is 1.64. The van der Waals surface area contributed by atoms with Gasteiger partial charge in [-0.05, 0) is 67.4 Å². The molecule has 0 saturated heterocycles. The molecule has 172 valence electrons. The van der Waals surface area contributed by atoms with Crippen molar-refractivity contribution in [2.45, 2.75) is 19.9 Å². The van der Waals surface area contributed by atoms with Gasteiger partial charge in [0.05, 0.1) is 30.7 Å². The lowest BCUT2D eigenvalue weighted by Crippen LogP contribution is -2.30. The minimum Gasteiger partial charge on any atom is -0.493 e. The predicted molar refractivity (Wildman–Crippen MR) is 132 cm³/mol. The van der Waals surface area contributed by atoms with Crippen LogP contribution in [0, 0.1) is 6.92 Å². The Kier molecular flexibility index (Phi) is 5.61. The summed E-state index contributed by atoms with van der Waals surface area (Å²) in [5.74, 6) is 1.10. The maximum Gasteiger partial charge on any atom is 0.296 e. The van der Waals surface area contributed by atoms with Crippen molar-refractivity contribution in [3.8, 4) is 11.5 Å². The molecule has 1 amide bonds. The van der Waals surface area contributed by atoms with Gasteiger partial charge in [0.1, 0.15) is 11.4 Å². The Morgan fingerprint density at radius 1 is 1.09 bits per heavy atom. The standard InChI is InChI=1S/C26H21BrN2O5/c1-4-33-19-7-5-15(12-20(19)32-3)23-22-24(30)17-13-16(27)6-8-18(17)34-25(22)26(31)29(23)21-11-14(2)9-10-28-21/h5-13,23H,4H2,1-3H3. The molecule has 1 unspecified atom stereocenters. The quantitative estimate of drug-likeness (QED) is 0.349. The number of fused-ring (bicyclic) bond motifs is 2. The van der Waals surface area contributed by atoms with Crippen molar-refractivity contribution in [3.05, 3.63) is 91.9 Å². The van der Waals surface area contributed by atoms with Gasteiger partial charge in [-0.3, -0.25) is 14.5 Å². The van der Waals surface area contributed by atoms with Crippen LogP contribution in [-0.4, -0.2) is 24.6 Å². The minimum atomic E-state index is -0.749. The molecule has 1 aliphatic heterocycles. The van der Waals surface area contributed by atoms with Crippen LogP contribution in [0.1, 0.15) is 40.2 Å². The summed E-state index contributed by atoms with van der Waals surface area (Å²) >= 11 is 3.42. The average Bonchev–Trinajstić information content (AvgIpc) is 3.12. The van der Waals surface area contributed by atoms with E-state index in [0.29, 0.717) is 40.5 Å². The SMILES string of the molecule is CCOc1ccc(C2c3c(oc4ccc(Br)cc4c3=O)C(=O)N2c2cc(C)ccn2)cc1OC. The molecule has 34 heavy (non-hydrogen) atoms. The average molecular weight is 521 g/mol. The van der Waals surface area contributed by atoms with E-state index >= 15 is 0 Å². The Labute approximate surface area is 204 Å². The summed E-state index contributed by atoms with van der Waals surface area (Å²) in [6, 6.07) is 13.4. The summed E-state index contributed by atoms with van der Waals surface area (Å²) in [6.45, 7) is 4.28. The van der Waals surface area contributed by atoms with E-state index < -0.39 is 11.9 Å². The molecule has 2 aromatic heterocycles. The fourth-order valence-electron chi connectivity index (χ4n) is 4.28. The van der Waals surface area contributed by atoms with Crippen molar-refractivity contribution < 1.29 is 18.7 Å². The molecule has 0 bridgehead atoms. The summed E-state index contributed by atoms with van der Waals surface area (Å²) in [4.78, 5) is 33.3. The van der Waals surface area contributed by atoms with Crippen molar-refractivity contribution in [2.24, 2.45) is 0 Å². The molecule has 0 spiro atoms. The first-order valence-electron chi connectivity index (χ1n) is 10.8. The molecule has 4 aromatic rings. The number of carbonyl (C=O) groups is 1. The highest BCUT2D eigenvalue weighted by Crippen LogP contribution is 2.43. The van der Waals surface area contributed by atoms with E-state index in [9.17, 15) is 9.59 Å². The lowest BCUT2D eigenvalue weighted by Gasteiger charge is -2.25. The number of anilines is 1. The molecule has 1 aliphatic rings. The van der Waals surface area contributed by atoms with Crippen LogP contribution < -0.4 is 19.8 Å². The van der Waals surface area contributed by atoms with Gasteiger partial charge in [0.25, 0.3) is 5.91 Å². The van der Waals surface area contributed by atoms with Crippen LogP contribution in [0.5, 0.6) is 11.5 Å². The molecule has 0 aliphatic carbocycles. The van der Waals surface area contributed by atoms with Gasteiger partial charge in [-0.1, -0.05) is 22.0 Å². The lowest BCUT2D eigenvalue weighted by atomic mass is 9.98. The van der Waals surface area contributed by atoms with Gasteiger partial charge in [-0.15, -0.1) is 0 Å². The topological polar surface area (TPSA) is 81.9 Å². The third kappa shape index (κ3) is 3.54. The van der Waals surface area contributed by atoms with Crippen LogP contribution in [0.2, 0.25) is 0 Å². The molecule has 8 heteroatoms. The first kappa shape index (κ1) is 22.2. The highest BCUT2D eigenvalue weighted by molar-refractivity contribution is 9.10. The number of amides is 1. The second kappa shape index (κ2) is 8.61. The second-order valence-electron chi connectivity index (χ2n) is 7.93. The fraction of sp³-hybridized carbons (Fsp3) is 0.192. The number of rotatable bonds is 5. The van der Waals surface area contributed by atoms with Crippen molar-refractivity contribution in [1.82, 2.24) is 4.98 Å². The molecule has 0 N–H and O–H groups in total. The maximum absolute atomic E-state index is 13.7. The highest BCUT2D eigenvalue weighted by atomic mass is 79.9. The molecule has 5 rings (SSSR count). The Morgan fingerprint density at radius 2 is 1.91 bits per heavy atom. The number of hydrogen-bond acceptors (Lipinski definition) is 6. The van der Waals surface area contributed by atoms with Crippen molar-refractivity contribution in [1.29, 1.82) is 0 Å². The zero-order chi connectivity index (χ0) is 24.0. The lowest BCUT2D eigenvalue weighted by molar-refractivity contribution is 0.0970. The number of ether oxygens (including phenoxy) is 2. The van der Waals surface area contributed by atoms with Crippen LogP contribution >= 0.6 is 15.9 Å². The van der Waals surface area contributed by atoms with Crippen LogP contribution in [0.3, 0.4) is 0 Å². The number of methoxy groups -OCH3 is 1. The van der Waals surface area contributed by atoms with E-state index in [1.807, 2.05) is 32.0 Å². The van der Waals surface area contributed by atoms with Gasteiger partial charge in [0, 0.05) is 10.7 Å². The van der Waals surface area contributed by atoms with E-state index in [1.54, 1.807) is 43.6 Å². The number of halogens is 1. The van der Waals surface area contributed by atoms with Crippen molar-refractivity contribution in [2.75, 3.05) is 18.6 Å². The van der Waals surface area contributed by atoms with Crippen LogP contribution in [0.25, 0.3) is 11.0 Å². The number of benzene rings is 2. The number of aryl methyl sites for hydroxylation is 1. The zero-order valence-electron chi connectivity index (χ0n) is 18.8. The number of carbonyl (C=O) groups excluding carboxylic acids is 1. The summed E-state index contributed by atoms with van der Waals surface area (Å²) in [7, 11) is 1.55. The number of nitrogens with zero attached hydrogens (tertiary/aromatic N) is 2. The smallest absolute Gasteiger partial charge is 0.296 e. The van der Waals surface area contributed by atoms with Gasteiger partial charge in [-0.2, -0.15) is 0 Å². The van der Waals surface area contributed by atoms with Crippen LogP contribution in [0.15, 0.2) is 68.4 Å². The summed E-state index contributed by atoms with van der Waals surface area (Å²) in [5, 5.41) is 0.392. The Balaban J connectivity index is 1.80. The summed E-state index contributed by atoms with van der Waals surface area (Å²) in [5.41, 5.74) is 1.97. The largest absolute Gasteiger partial charge is 0.493 e. The highest BCUT2D eigenvalue weighted by Gasteiger charge is 2.44. The molecular formula is C26H21BrN2O5. The molecular weight excluding hydrogens is 500 g/mol. The molecule has 3 heterocycles. The second-order valence-corrected chi connectivity index (χ2v) is 8.84. The fourth-order valence-corrected chi connectivity index (χ4v) is 4.64. The van der Waals surface area contributed by atoms with E-state index in [0.717, 1.165) is 10.0 Å².